The molecule has 0 fully saturated rings. The van der Waals surface area contributed by atoms with E-state index in [9.17, 15) is 4.79 Å². The summed E-state index contributed by atoms with van der Waals surface area (Å²) >= 11 is 0. The molecule has 0 saturated carbocycles. The zero-order chi connectivity index (χ0) is 20.6. The fourth-order valence-corrected chi connectivity index (χ4v) is 3.13. The lowest BCUT2D eigenvalue weighted by atomic mass is 9.98. The van der Waals surface area contributed by atoms with Crippen LogP contribution in [0.25, 0.3) is 0 Å². The molecular formula is C24H26N2O3. The summed E-state index contributed by atoms with van der Waals surface area (Å²) in [5, 5.41) is 6.27. The van der Waals surface area contributed by atoms with E-state index in [1.165, 1.54) is 5.56 Å². The minimum Gasteiger partial charge on any atom is -0.497 e. The topological polar surface area (TPSA) is 59.6 Å². The number of carbonyl (C=O) groups excluding carboxylic acids is 1. The first-order chi connectivity index (χ1) is 14.1. The summed E-state index contributed by atoms with van der Waals surface area (Å²) in [4.78, 5) is 12.6. The van der Waals surface area contributed by atoms with E-state index in [0.29, 0.717) is 17.2 Å². The smallest absolute Gasteiger partial charge is 0.238 e. The van der Waals surface area contributed by atoms with Crippen LogP contribution in [0.4, 0.5) is 5.69 Å². The van der Waals surface area contributed by atoms with E-state index in [0.717, 1.165) is 11.1 Å². The molecule has 0 radical (unpaired) electrons. The van der Waals surface area contributed by atoms with Crippen molar-refractivity contribution in [2.24, 2.45) is 0 Å². The number of benzene rings is 3. The summed E-state index contributed by atoms with van der Waals surface area (Å²) in [6.07, 6.45) is 0. The third-order valence-corrected chi connectivity index (χ3v) is 4.69. The van der Waals surface area contributed by atoms with Crippen LogP contribution in [0.1, 0.15) is 22.7 Å². The maximum atomic E-state index is 12.6. The second-order valence-electron chi connectivity index (χ2n) is 6.75. The van der Waals surface area contributed by atoms with Crippen molar-refractivity contribution in [3.8, 4) is 11.5 Å². The van der Waals surface area contributed by atoms with E-state index >= 15 is 0 Å². The molecule has 5 heteroatoms. The molecule has 0 saturated heterocycles. The minimum atomic E-state index is -0.162. The Morgan fingerprint density at radius 2 is 1.59 bits per heavy atom. The van der Waals surface area contributed by atoms with Crippen molar-refractivity contribution in [2.45, 2.75) is 13.0 Å². The predicted octanol–water partition coefficient (Wildman–Crippen LogP) is 4.33. The zero-order valence-electron chi connectivity index (χ0n) is 16.9. The monoisotopic (exact) mass is 390 g/mol. The van der Waals surface area contributed by atoms with Crippen LogP contribution in [0.2, 0.25) is 0 Å². The van der Waals surface area contributed by atoms with Gasteiger partial charge < -0.3 is 14.8 Å². The van der Waals surface area contributed by atoms with Crippen LogP contribution >= 0.6 is 0 Å². The van der Waals surface area contributed by atoms with Gasteiger partial charge in [0.1, 0.15) is 11.5 Å². The summed E-state index contributed by atoms with van der Waals surface area (Å²) < 4.78 is 10.6. The highest BCUT2D eigenvalue weighted by Gasteiger charge is 2.16. The van der Waals surface area contributed by atoms with Gasteiger partial charge in [0.2, 0.25) is 5.91 Å². The van der Waals surface area contributed by atoms with Crippen molar-refractivity contribution in [3.05, 3.63) is 89.5 Å². The van der Waals surface area contributed by atoms with Gasteiger partial charge in [-0.25, -0.2) is 0 Å². The number of carbonyl (C=O) groups is 1. The zero-order valence-corrected chi connectivity index (χ0v) is 16.9. The Morgan fingerprint density at radius 1 is 0.897 bits per heavy atom. The van der Waals surface area contributed by atoms with E-state index in [-0.39, 0.29) is 18.5 Å². The predicted molar refractivity (Wildman–Crippen MR) is 116 cm³/mol. The van der Waals surface area contributed by atoms with Gasteiger partial charge in [0.15, 0.2) is 0 Å². The molecule has 2 N–H and O–H groups in total. The van der Waals surface area contributed by atoms with Crippen molar-refractivity contribution < 1.29 is 14.3 Å². The number of nitrogens with one attached hydrogen (secondary N) is 2. The Bertz CT molecular complexity index is 940. The lowest BCUT2D eigenvalue weighted by Crippen LogP contribution is -2.32. The number of methoxy groups -OCH3 is 2. The maximum absolute atomic E-state index is 12.6. The first-order valence-electron chi connectivity index (χ1n) is 9.47. The van der Waals surface area contributed by atoms with Crippen molar-refractivity contribution in [1.82, 2.24) is 5.32 Å². The molecule has 3 rings (SSSR count). The number of aryl methyl sites for hydroxylation is 1. The molecule has 0 spiro atoms. The number of amides is 1. The number of anilines is 1. The van der Waals surface area contributed by atoms with Gasteiger partial charge in [-0.1, -0.05) is 60.2 Å². The molecule has 29 heavy (non-hydrogen) atoms. The Hall–Kier alpha value is -3.31. The van der Waals surface area contributed by atoms with Gasteiger partial charge in [0.05, 0.1) is 32.5 Å². The van der Waals surface area contributed by atoms with Gasteiger partial charge in [0.25, 0.3) is 0 Å². The molecule has 3 aromatic carbocycles. The van der Waals surface area contributed by atoms with Crippen molar-refractivity contribution in [3.63, 3.8) is 0 Å². The average Bonchev–Trinajstić information content (AvgIpc) is 2.75. The van der Waals surface area contributed by atoms with Gasteiger partial charge in [-0.15, -0.1) is 0 Å². The third-order valence-electron chi connectivity index (χ3n) is 4.69. The highest BCUT2D eigenvalue weighted by atomic mass is 16.5. The van der Waals surface area contributed by atoms with E-state index in [4.69, 9.17) is 9.47 Å². The second-order valence-corrected chi connectivity index (χ2v) is 6.75. The van der Waals surface area contributed by atoms with Gasteiger partial charge in [-0.3, -0.25) is 10.1 Å². The second kappa shape index (κ2) is 9.75. The number of hydrogen-bond donors (Lipinski definition) is 2. The molecule has 5 nitrogen and oxygen atoms in total. The van der Waals surface area contributed by atoms with Crippen LogP contribution in [0.15, 0.2) is 72.8 Å². The Morgan fingerprint density at radius 3 is 2.24 bits per heavy atom. The lowest BCUT2D eigenvalue weighted by molar-refractivity contribution is -0.115. The molecule has 3 aromatic rings. The van der Waals surface area contributed by atoms with Crippen LogP contribution < -0.4 is 20.1 Å². The van der Waals surface area contributed by atoms with E-state index in [1.807, 2.05) is 18.2 Å². The van der Waals surface area contributed by atoms with Crippen molar-refractivity contribution in [1.29, 1.82) is 0 Å². The van der Waals surface area contributed by atoms with Crippen LogP contribution in [0.5, 0.6) is 11.5 Å². The van der Waals surface area contributed by atoms with Gasteiger partial charge in [-0.2, -0.15) is 0 Å². The van der Waals surface area contributed by atoms with Crippen LogP contribution in [-0.2, 0) is 4.79 Å². The molecule has 0 aliphatic carbocycles. The first-order valence-corrected chi connectivity index (χ1v) is 9.47. The van der Waals surface area contributed by atoms with Crippen molar-refractivity contribution >= 4 is 11.6 Å². The molecule has 0 bridgehead atoms. The fraction of sp³-hybridized carbons (Fsp3) is 0.208. The SMILES string of the molecule is COc1ccc(OC)c(NC(=O)CN[C@H](c2ccccc2)c2ccc(C)cc2)c1. The van der Waals surface area contributed by atoms with Crippen LogP contribution in [0, 0.1) is 6.92 Å². The van der Waals surface area contributed by atoms with E-state index in [1.54, 1.807) is 32.4 Å². The third kappa shape index (κ3) is 5.36. The largest absolute Gasteiger partial charge is 0.497 e. The summed E-state index contributed by atoms with van der Waals surface area (Å²) in [5.74, 6) is 1.07. The Labute approximate surface area is 171 Å². The highest BCUT2D eigenvalue weighted by molar-refractivity contribution is 5.94. The molecular weight excluding hydrogens is 364 g/mol. The molecule has 0 heterocycles. The van der Waals surface area contributed by atoms with Gasteiger partial charge in [0, 0.05) is 6.07 Å². The number of rotatable bonds is 8. The Kier molecular flexibility index (Phi) is 6.87. The number of ether oxygens (including phenoxy) is 2. The maximum Gasteiger partial charge on any atom is 0.238 e. The van der Waals surface area contributed by atoms with Gasteiger partial charge in [-0.05, 0) is 30.2 Å². The molecule has 0 aliphatic rings. The normalized spacial score (nSPS) is 11.6. The summed E-state index contributed by atoms with van der Waals surface area (Å²) in [6, 6.07) is 23.6. The first kappa shape index (κ1) is 20.4. The standard InChI is InChI=1S/C24H26N2O3/c1-17-9-11-19(12-10-17)24(18-7-5-4-6-8-18)25-16-23(27)26-21-15-20(28-2)13-14-22(21)29-3/h4-15,24-25H,16H2,1-3H3,(H,26,27)/t24-/m1/s1. The average molecular weight is 390 g/mol. The number of hydrogen-bond acceptors (Lipinski definition) is 4. The molecule has 0 aliphatic heterocycles. The van der Waals surface area contributed by atoms with Crippen LogP contribution in [-0.4, -0.2) is 26.7 Å². The summed E-state index contributed by atoms with van der Waals surface area (Å²) in [7, 11) is 3.15. The van der Waals surface area contributed by atoms with Crippen molar-refractivity contribution in [2.75, 3.05) is 26.1 Å². The molecule has 150 valence electrons. The van der Waals surface area contributed by atoms with E-state index < -0.39 is 0 Å². The molecule has 1 atom stereocenters. The highest BCUT2D eigenvalue weighted by Crippen LogP contribution is 2.29. The Balaban J connectivity index is 1.74. The quantitative estimate of drug-likeness (QED) is 0.601. The molecule has 1 amide bonds. The van der Waals surface area contributed by atoms with E-state index in [2.05, 4.69) is 54.0 Å². The minimum absolute atomic E-state index is 0.0882. The fourth-order valence-electron chi connectivity index (χ4n) is 3.13. The van der Waals surface area contributed by atoms with Gasteiger partial charge >= 0.3 is 0 Å². The summed E-state index contributed by atoms with van der Waals surface area (Å²) in [5.41, 5.74) is 3.98. The molecule has 0 aromatic heterocycles. The lowest BCUT2D eigenvalue weighted by Gasteiger charge is -2.20. The molecule has 0 unspecified atom stereocenters. The van der Waals surface area contributed by atoms with Crippen LogP contribution in [0.3, 0.4) is 0 Å². The summed E-state index contributed by atoms with van der Waals surface area (Å²) in [6.45, 7) is 2.21.